The fourth-order valence-electron chi connectivity index (χ4n) is 6.60. The quantitative estimate of drug-likeness (QED) is 0.230. The zero-order chi connectivity index (χ0) is 30.0. The molecule has 0 aliphatic carbocycles. The molecule has 3 amide bonds. The Bertz CT molecular complexity index is 1470. The molecule has 3 atom stereocenters. The lowest BCUT2D eigenvalue weighted by molar-refractivity contribution is -0.165. The van der Waals surface area contributed by atoms with Gasteiger partial charge in [0.1, 0.15) is 18.5 Å². The number of nitrogens with zero attached hydrogens (tertiary/aromatic N) is 2. The van der Waals surface area contributed by atoms with Crippen LogP contribution in [0.25, 0.3) is 0 Å². The molecule has 2 aliphatic heterocycles. The molecule has 42 heavy (non-hydrogen) atoms. The second-order valence-corrected chi connectivity index (χ2v) is 11.0. The van der Waals surface area contributed by atoms with Gasteiger partial charge in [0.15, 0.2) is 0 Å². The van der Waals surface area contributed by atoms with Crippen LogP contribution in [-0.2, 0) is 20.9 Å². The maximum atomic E-state index is 14.5. The number of hydrogen-bond donors (Lipinski definition) is 0. The first kappa shape index (κ1) is 29.2. The Morgan fingerprint density at radius 2 is 1.52 bits per heavy atom. The van der Waals surface area contributed by atoms with Crippen LogP contribution in [0.15, 0.2) is 78.9 Å². The van der Waals surface area contributed by atoms with Crippen LogP contribution in [0.3, 0.4) is 0 Å². The van der Waals surface area contributed by atoms with Crippen molar-refractivity contribution in [1.82, 2.24) is 9.80 Å². The summed E-state index contributed by atoms with van der Waals surface area (Å²) in [5.41, 5.74) is 0.904. The van der Waals surface area contributed by atoms with Crippen LogP contribution >= 0.6 is 0 Å². The number of benzene rings is 3. The average Bonchev–Trinajstić information content (AvgIpc) is 3.56. The standard InChI is InChI=1S/C34H35FN2O5/c1-4-34(5-2,33(41)42-21-23-12-7-6-8-13-23)29-19-18-28(24-14-11-15-25(35)20-24)37(29)30(38)22(3)36-31(39)26-16-9-10-17-27(26)32(36)40/h6-17,20,22,28-29H,4-5,18-19,21H2,1-3H3/t22-,28+,29-/m1/s1. The van der Waals surface area contributed by atoms with E-state index in [1.807, 2.05) is 44.2 Å². The van der Waals surface area contributed by atoms with E-state index in [4.69, 9.17) is 4.74 Å². The Morgan fingerprint density at radius 1 is 0.905 bits per heavy atom. The highest BCUT2D eigenvalue weighted by Gasteiger charge is 2.54. The first-order chi connectivity index (χ1) is 20.2. The van der Waals surface area contributed by atoms with Crippen LogP contribution in [0.2, 0.25) is 0 Å². The smallest absolute Gasteiger partial charge is 0.314 e. The summed E-state index contributed by atoms with van der Waals surface area (Å²) in [6, 6.07) is 19.7. The van der Waals surface area contributed by atoms with Crippen molar-refractivity contribution in [1.29, 1.82) is 0 Å². The van der Waals surface area contributed by atoms with E-state index in [0.717, 1.165) is 10.5 Å². The molecule has 0 saturated carbocycles. The minimum atomic E-state index is -1.14. The lowest BCUT2D eigenvalue weighted by Gasteiger charge is -2.43. The summed E-state index contributed by atoms with van der Waals surface area (Å²) >= 11 is 0. The number of likely N-dealkylation sites (tertiary alicyclic amines) is 1. The predicted molar refractivity (Wildman–Crippen MR) is 155 cm³/mol. The normalized spacial score (nSPS) is 19.1. The van der Waals surface area contributed by atoms with Gasteiger partial charge < -0.3 is 9.64 Å². The lowest BCUT2D eigenvalue weighted by Crippen LogP contribution is -2.56. The lowest BCUT2D eigenvalue weighted by atomic mass is 9.74. The third-order valence-electron chi connectivity index (χ3n) is 8.96. The maximum Gasteiger partial charge on any atom is 0.314 e. The Hall–Kier alpha value is -4.33. The van der Waals surface area contributed by atoms with E-state index in [2.05, 4.69) is 0 Å². The van der Waals surface area contributed by atoms with E-state index < -0.39 is 53.0 Å². The Labute approximate surface area is 245 Å². The SMILES string of the molecule is CCC(CC)(C(=O)OCc1ccccc1)[C@H]1CC[C@@H](c2cccc(F)c2)N1C(=O)[C@@H](C)N1C(=O)c2ccccc2C1=O. The monoisotopic (exact) mass is 570 g/mol. The minimum Gasteiger partial charge on any atom is -0.460 e. The van der Waals surface area contributed by atoms with Gasteiger partial charge >= 0.3 is 5.97 Å². The van der Waals surface area contributed by atoms with Crippen molar-refractivity contribution >= 4 is 23.7 Å². The summed E-state index contributed by atoms with van der Waals surface area (Å²) < 4.78 is 20.2. The summed E-state index contributed by atoms with van der Waals surface area (Å²) in [5, 5.41) is 0. The molecular weight excluding hydrogens is 535 g/mol. The molecule has 5 rings (SSSR count). The summed E-state index contributed by atoms with van der Waals surface area (Å²) in [6.45, 7) is 5.44. The van der Waals surface area contributed by atoms with Crippen LogP contribution in [0.1, 0.15) is 84.3 Å². The van der Waals surface area contributed by atoms with Gasteiger partial charge in [-0.2, -0.15) is 0 Å². The molecular formula is C34H35FN2O5. The fourth-order valence-corrected chi connectivity index (χ4v) is 6.60. The van der Waals surface area contributed by atoms with E-state index in [1.54, 1.807) is 41.3 Å². The number of rotatable bonds is 9. The Kier molecular flexibility index (Phi) is 8.25. The molecule has 3 aromatic rings. The van der Waals surface area contributed by atoms with Crippen molar-refractivity contribution in [3.05, 3.63) is 107 Å². The van der Waals surface area contributed by atoms with E-state index >= 15 is 0 Å². The van der Waals surface area contributed by atoms with Gasteiger partial charge in [0.2, 0.25) is 5.91 Å². The predicted octanol–water partition coefficient (Wildman–Crippen LogP) is 6.09. The molecule has 7 nitrogen and oxygen atoms in total. The number of esters is 1. The Balaban J connectivity index is 1.51. The van der Waals surface area contributed by atoms with E-state index in [9.17, 15) is 23.6 Å². The van der Waals surface area contributed by atoms with Crippen molar-refractivity contribution in [2.75, 3.05) is 0 Å². The molecule has 2 aliphatic rings. The van der Waals surface area contributed by atoms with Gasteiger partial charge in [0, 0.05) is 6.04 Å². The maximum absolute atomic E-state index is 14.5. The molecule has 1 fully saturated rings. The van der Waals surface area contributed by atoms with Crippen LogP contribution in [0.4, 0.5) is 4.39 Å². The van der Waals surface area contributed by atoms with Gasteiger partial charge in [-0.15, -0.1) is 0 Å². The molecule has 0 aromatic heterocycles. The summed E-state index contributed by atoms with van der Waals surface area (Å²) in [7, 11) is 0. The highest BCUT2D eigenvalue weighted by Crippen LogP contribution is 2.48. The molecule has 3 aromatic carbocycles. The second-order valence-electron chi connectivity index (χ2n) is 11.0. The van der Waals surface area contributed by atoms with Crippen LogP contribution in [0, 0.1) is 11.2 Å². The third-order valence-corrected chi connectivity index (χ3v) is 8.96. The fraction of sp³-hybridized carbons (Fsp3) is 0.353. The van der Waals surface area contributed by atoms with E-state index in [1.165, 1.54) is 19.1 Å². The summed E-state index contributed by atoms with van der Waals surface area (Å²) in [5.74, 6) is -2.38. The second kappa shape index (κ2) is 11.9. The van der Waals surface area contributed by atoms with Gasteiger partial charge in [-0.1, -0.05) is 68.4 Å². The molecule has 0 N–H and O–H groups in total. The molecule has 2 heterocycles. The molecule has 218 valence electrons. The summed E-state index contributed by atoms with van der Waals surface area (Å²) in [4.78, 5) is 57.6. The highest BCUT2D eigenvalue weighted by atomic mass is 19.1. The first-order valence-corrected chi connectivity index (χ1v) is 14.5. The average molecular weight is 571 g/mol. The zero-order valence-electron chi connectivity index (χ0n) is 24.1. The number of ether oxygens (including phenoxy) is 1. The number of amides is 3. The molecule has 0 unspecified atom stereocenters. The number of carbonyl (C=O) groups excluding carboxylic acids is 4. The minimum absolute atomic E-state index is 0.0981. The van der Waals surface area contributed by atoms with Crippen molar-refractivity contribution in [3.8, 4) is 0 Å². The molecule has 8 heteroatoms. The number of fused-ring (bicyclic) bond motifs is 1. The highest BCUT2D eigenvalue weighted by molar-refractivity contribution is 6.22. The van der Waals surface area contributed by atoms with Crippen molar-refractivity contribution in [2.24, 2.45) is 5.41 Å². The van der Waals surface area contributed by atoms with Crippen molar-refractivity contribution in [3.63, 3.8) is 0 Å². The van der Waals surface area contributed by atoms with Crippen molar-refractivity contribution in [2.45, 2.75) is 71.2 Å². The van der Waals surface area contributed by atoms with Gasteiger partial charge in [-0.25, -0.2) is 4.39 Å². The number of carbonyl (C=O) groups is 4. The van der Waals surface area contributed by atoms with Crippen LogP contribution < -0.4 is 0 Å². The van der Waals surface area contributed by atoms with Gasteiger partial charge in [0.05, 0.1) is 22.6 Å². The van der Waals surface area contributed by atoms with Gasteiger partial charge in [-0.05, 0) is 68.0 Å². The molecule has 0 spiro atoms. The van der Waals surface area contributed by atoms with Crippen molar-refractivity contribution < 1.29 is 28.3 Å². The molecule has 1 saturated heterocycles. The van der Waals surface area contributed by atoms with E-state index in [-0.39, 0.29) is 17.7 Å². The largest absolute Gasteiger partial charge is 0.460 e. The van der Waals surface area contributed by atoms with Crippen LogP contribution in [-0.4, -0.2) is 45.6 Å². The Morgan fingerprint density at radius 3 is 2.12 bits per heavy atom. The molecule has 0 bridgehead atoms. The van der Waals surface area contributed by atoms with Gasteiger partial charge in [0.25, 0.3) is 11.8 Å². The number of imide groups is 1. The third kappa shape index (κ3) is 4.99. The first-order valence-electron chi connectivity index (χ1n) is 14.5. The number of halogens is 1. The zero-order valence-corrected chi connectivity index (χ0v) is 24.1. The van der Waals surface area contributed by atoms with E-state index in [0.29, 0.717) is 31.2 Å². The summed E-state index contributed by atoms with van der Waals surface area (Å²) in [6.07, 6.45) is 1.78. The van der Waals surface area contributed by atoms with Gasteiger partial charge in [-0.3, -0.25) is 24.1 Å². The van der Waals surface area contributed by atoms with Crippen LogP contribution in [0.5, 0.6) is 0 Å². The molecule has 0 radical (unpaired) electrons. The number of hydrogen-bond acceptors (Lipinski definition) is 5. The topological polar surface area (TPSA) is 84.0 Å².